The third-order valence-electron chi connectivity index (χ3n) is 3.38. The highest BCUT2D eigenvalue weighted by molar-refractivity contribution is 7.17. The van der Waals surface area contributed by atoms with Gasteiger partial charge in [-0.3, -0.25) is 14.9 Å². The Bertz CT molecular complexity index is 904. The lowest BCUT2D eigenvalue weighted by atomic mass is 10.1. The van der Waals surface area contributed by atoms with E-state index in [1.807, 2.05) is 24.3 Å². The number of ether oxygens (including phenoxy) is 1. The molecule has 0 aliphatic rings. The lowest BCUT2D eigenvalue weighted by molar-refractivity contribution is -0.384. The maximum atomic E-state index is 12.5. The van der Waals surface area contributed by atoms with Crippen LogP contribution in [0.3, 0.4) is 0 Å². The number of nitro benzene ring substituents is 1. The van der Waals surface area contributed by atoms with Gasteiger partial charge in [0.15, 0.2) is 0 Å². The molecule has 3 aromatic rings. The van der Waals surface area contributed by atoms with Gasteiger partial charge in [0.2, 0.25) is 0 Å². The van der Waals surface area contributed by atoms with Crippen LogP contribution < -0.4 is 10.1 Å². The van der Waals surface area contributed by atoms with Gasteiger partial charge in [-0.05, 0) is 18.2 Å². The molecule has 1 aromatic heterocycles. The number of benzene rings is 2. The molecule has 7 heteroatoms. The summed E-state index contributed by atoms with van der Waals surface area (Å²) in [4.78, 5) is 23.1. The number of thiophene rings is 1. The molecule has 23 heavy (non-hydrogen) atoms. The number of hydrogen-bond donors (Lipinski definition) is 1. The Morgan fingerprint density at radius 2 is 2.04 bits per heavy atom. The summed E-state index contributed by atoms with van der Waals surface area (Å²) in [7, 11) is 1.43. The largest absolute Gasteiger partial charge is 0.496 e. The van der Waals surface area contributed by atoms with E-state index in [0.29, 0.717) is 11.3 Å². The summed E-state index contributed by atoms with van der Waals surface area (Å²) in [5.74, 6) is -0.0219. The fraction of sp³-hybridized carbons (Fsp3) is 0.0625. The first kappa shape index (κ1) is 15.0. The number of anilines is 1. The van der Waals surface area contributed by atoms with Crippen LogP contribution in [-0.2, 0) is 0 Å². The molecule has 1 heterocycles. The van der Waals surface area contributed by atoms with Crippen LogP contribution in [-0.4, -0.2) is 17.9 Å². The van der Waals surface area contributed by atoms with Crippen LogP contribution in [0, 0.1) is 10.1 Å². The third kappa shape index (κ3) is 2.86. The van der Waals surface area contributed by atoms with Gasteiger partial charge in [0.05, 0.1) is 23.7 Å². The normalized spacial score (nSPS) is 10.5. The number of nitro groups is 1. The van der Waals surface area contributed by atoms with Crippen molar-refractivity contribution < 1.29 is 14.5 Å². The fourth-order valence-corrected chi connectivity index (χ4v) is 3.18. The third-order valence-corrected chi connectivity index (χ3v) is 4.34. The molecule has 0 saturated carbocycles. The lowest BCUT2D eigenvalue weighted by Gasteiger charge is -2.07. The van der Waals surface area contributed by atoms with E-state index < -0.39 is 4.92 Å². The zero-order chi connectivity index (χ0) is 16.4. The average Bonchev–Trinajstić information content (AvgIpc) is 2.99. The van der Waals surface area contributed by atoms with E-state index in [1.54, 1.807) is 11.4 Å². The van der Waals surface area contributed by atoms with E-state index in [1.165, 1.54) is 30.6 Å². The van der Waals surface area contributed by atoms with Crippen molar-refractivity contribution in [3.63, 3.8) is 0 Å². The van der Waals surface area contributed by atoms with Gasteiger partial charge in [-0.15, -0.1) is 11.3 Å². The highest BCUT2D eigenvalue weighted by Crippen LogP contribution is 2.31. The smallest absolute Gasteiger partial charge is 0.296 e. The second-order valence-corrected chi connectivity index (χ2v) is 5.65. The summed E-state index contributed by atoms with van der Waals surface area (Å²) in [6.07, 6.45) is 0. The van der Waals surface area contributed by atoms with E-state index in [2.05, 4.69) is 5.32 Å². The predicted molar refractivity (Wildman–Crippen MR) is 89.4 cm³/mol. The molecule has 3 rings (SSSR count). The molecule has 0 aliphatic carbocycles. The minimum Gasteiger partial charge on any atom is -0.496 e. The number of amides is 1. The van der Waals surface area contributed by atoms with E-state index >= 15 is 0 Å². The predicted octanol–water partition coefficient (Wildman–Crippen LogP) is 4.07. The number of nitrogens with one attached hydrogen (secondary N) is 1. The Balaban J connectivity index is 1.95. The first-order chi connectivity index (χ1) is 11.1. The Morgan fingerprint density at radius 1 is 1.26 bits per heavy atom. The molecule has 1 amide bonds. The van der Waals surface area contributed by atoms with Gasteiger partial charge < -0.3 is 10.1 Å². The molecule has 6 nitrogen and oxygen atoms in total. The first-order valence-electron chi connectivity index (χ1n) is 6.70. The minimum absolute atomic E-state index is 0.135. The summed E-state index contributed by atoms with van der Waals surface area (Å²) in [6, 6.07) is 11.8. The topological polar surface area (TPSA) is 81.5 Å². The van der Waals surface area contributed by atoms with Crippen molar-refractivity contribution in [1.29, 1.82) is 0 Å². The molecule has 1 N–H and O–H groups in total. The Morgan fingerprint density at radius 3 is 2.78 bits per heavy atom. The molecule has 0 fully saturated rings. The van der Waals surface area contributed by atoms with E-state index in [4.69, 9.17) is 4.74 Å². The van der Waals surface area contributed by atoms with Gasteiger partial charge in [0.1, 0.15) is 11.4 Å². The molecular weight excluding hydrogens is 316 g/mol. The number of fused-ring (bicyclic) bond motifs is 1. The number of carbonyl (C=O) groups excluding carboxylic acids is 1. The molecule has 2 aromatic carbocycles. The van der Waals surface area contributed by atoms with Crippen LogP contribution >= 0.6 is 11.3 Å². The summed E-state index contributed by atoms with van der Waals surface area (Å²) in [5, 5.41) is 16.3. The summed E-state index contributed by atoms with van der Waals surface area (Å²) in [5.41, 5.74) is 0.420. The summed E-state index contributed by atoms with van der Waals surface area (Å²) < 4.78 is 5.97. The Hall–Kier alpha value is -2.93. The van der Waals surface area contributed by atoms with E-state index in [9.17, 15) is 14.9 Å². The number of methoxy groups -OCH3 is 1. The van der Waals surface area contributed by atoms with Gasteiger partial charge in [-0.25, -0.2) is 0 Å². The molecule has 0 aliphatic heterocycles. The van der Waals surface area contributed by atoms with Crippen LogP contribution in [0.4, 0.5) is 11.4 Å². The molecule has 0 spiro atoms. The monoisotopic (exact) mass is 328 g/mol. The second kappa shape index (κ2) is 6.05. The Kier molecular flexibility index (Phi) is 3.94. The highest BCUT2D eigenvalue weighted by Gasteiger charge is 2.19. The van der Waals surface area contributed by atoms with Crippen molar-refractivity contribution in [3.8, 4) is 5.75 Å². The number of nitrogens with zero attached hydrogens (tertiary/aromatic N) is 1. The van der Waals surface area contributed by atoms with Crippen LogP contribution in [0.1, 0.15) is 10.4 Å². The SMILES string of the molecule is COc1ccc(NC(=O)c2csc3ccccc23)c([N+](=O)[O-])c1. The summed E-state index contributed by atoms with van der Waals surface area (Å²) >= 11 is 1.45. The molecule has 0 radical (unpaired) electrons. The zero-order valence-electron chi connectivity index (χ0n) is 12.1. The van der Waals surface area contributed by atoms with E-state index in [0.717, 1.165) is 10.1 Å². The number of rotatable bonds is 4. The number of hydrogen-bond acceptors (Lipinski definition) is 5. The molecular formula is C16H12N2O4S. The molecule has 0 bridgehead atoms. The van der Waals surface area contributed by atoms with Gasteiger partial charge >= 0.3 is 0 Å². The van der Waals surface area contributed by atoms with Crippen LogP contribution in [0.15, 0.2) is 47.8 Å². The van der Waals surface area contributed by atoms with Crippen LogP contribution in [0.25, 0.3) is 10.1 Å². The zero-order valence-corrected chi connectivity index (χ0v) is 12.9. The maximum absolute atomic E-state index is 12.5. The van der Waals surface area contributed by atoms with Crippen molar-refractivity contribution in [1.82, 2.24) is 0 Å². The molecule has 116 valence electrons. The van der Waals surface area contributed by atoms with Crippen molar-refractivity contribution in [2.24, 2.45) is 0 Å². The van der Waals surface area contributed by atoms with Crippen molar-refractivity contribution >= 4 is 38.7 Å². The molecule has 0 saturated heterocycles. The minimum atomic E-state index is -0.552. The van der Waals surface area contributed by atoms with Crippen molar-refractivity contribution in [2.45, 2.75) is 0 Å². The Labute approximate surface area is 135 Å². The van der Waals surface area contributed by atoms with Crippen molar-refractivity contribution in [3.05, 3.63) is 63.5 Å². The fourth-order valence-electron chi connectivity index (χ4n) is 2.24. The molecule has 0 unspecified atom stereocenters. The van der Waals surface area contributed by atoms with Crippen LogP contribution in [0.5, 0.6) is 5.75 Å². The average molecular weight is 328 g/mol. The quantitative estimate of drug-likeness (QED) is 0.578. The lowest BCUT2D eigenvalue weighted by Crippen LogP contribution is -2.12. The first-order valence-corrected chi connectivity index (χ1v) is 7.58. The standard InChI is InChI=1S/C16H12N2O4S/c1-22-10-6-7-13(14(8-10)18(20)21)17-16(19)12-9-23-15-5-3-2-4-11(12)15/h2-9H,1H3,(H,17,19). The second-order valence-electron chi connectivity index (χ2n) is 4.74. The van der Waals surface area contributed by atoms with Gasteiger partial charge in [0, 0.05) is 15.5 Å². The highest BCUT2D eigenvalue weighted by atomic mass is 32.1. The summed E-state index contributed by atoms with van der Waals surface area (Å²) in [6.45, 7) is 0. The van der Waals surface area contributed by atoms with Gasteiger partial charge in [-0.1, -0.05) is 18.2 Å². The van der Waals surface area contributed by atoms with Crippen LogP contribution in [0.2, 0.25) is 0 Å². The maximum Gasteiger partial charge on any atom is 0.296 e. The molecule has 0 atom stereocenters. The van der Waals surface area contributed by atoms with Gasteiger partial charge in [-0.2, -0.15) is 0 Å². The number of carbonyl (C=O) groups is 1. The van der Waals surface area contributed by atoms with E-state index in [-0.39, 0.29) is 17.3 Å². The van der Waals surface area contributed by atoms with Gasteiger partial charge in [0.25, 0.3) is 11.6 Å². The van der Waals surface area contributed by atoms with Crippen molar-refractivity contribution in [2.75, 3.05) is 12.4 Å².